The number of imidazole rings is 1. The first-order chi connectivity index (χ1) is 52.5. The molecule has 6 rings (SSSR count). The van der Waals surface area contributed by atoms with Crippen LogP contribution in [0.1, 0.15) is 106 Å². The van der Waals surface area contributed by atoms with Crippen LogP contribution in [0.25, 0.3) is 11.1 Å². The number of benzene rings is 3. The molecule has 1 saturated heterocycles. The van der Waals surface area contributed by atoms with Gasteiger partial charge in [-0.1, -0.05) is 60.7 Å². The van der Waals surface area contributed by atoms with Crippen molar-refractivity contribution in [3.8, 4) is 16.9 Å². The number of nitrogens with zero attached hydrogens (tertiary/aromatic N) is 2. The Morgan fingerprint density at radius 1 is 0.573 bits per heavy atom. The Labute approximate surface area is 631 Å². The van der Waals surface area contributed by atoms with Crippen molar-refractivity contribution in [2.24, 2.45) is 17.2 Å². The van der Waals surface area contributed by atoms with Crippen molar-refractivity contribution in [2.75, 3.05) is 52.5 Å². The number of carbonyl (C=O) groups excluding carboxylic acids is 12. The molecule has 0 saturated carbocycles. The molecule has 4 aromatic rings. The number of hydrogen-bond donors (Lipinski definition) is 23. The lowest BCUT2D eigenvalue weighted by Crippen LogP contribution is -2.60. The average molecular weight is 1540 g/mol. The summed E-state index contributed by atoms with van der Waals surface area (Å²) in [6.45, 7) is -0.0337. The minimum atomic E-state index is -2.01. The summed E-state index contributed by atoms with van der Waals surface area (Å²) in [6.07, 6.45) is 1.22. The maximum absolute atomic E-state index is 14.6. The molecule has 0 spiro atoms. The van der Waals surface area contributed by atoms with Gasteiger partial charge in [0.15, 0.2) is 11.9 Å². The fourth-order valence-corrected chi connectivity index (χ4v) is 12.1. The van der Waals surface area contributed by atoms with E-state index in [4.69, 9.17) is 37.9 Å². The zero-order valence-electron chi connectivity index (χ0n) is 60.6. The number of aliphatic hydroxyl groups is 1. The summed E-state index contributed by atoms with van der Waals surface area (Å²) in [5.74, 6) is -14.9. The second-order valence-electron chi connectivity index (χ2n) is 26.1. The minimum Gasteiger partial charge on any atom is -0.508 e. The maximum atomic E-state index is 14.6. The quantitative estimate of drug-likeness (QED) is 0.0112. The number of phenols is 1. The monoisotopic (exact) mass is 1540 g/mol. The number of alkyl carbamates (subject to hydrolysis) is 1. The van der Waals surface area contributed by atoms with Crippen LogP contribution < -0.4 is 86.3 Å². The molecule has 10 atom stereocenters. The Bertz CT molecular complexity index is 3880. The molecule has 0 unspecified atom stereocenters. The van der Waals surface area contributed by atoms with Crippen molar-refractivity contribution in [3.05, 3.63) is 108 Å². The van der Waals surface area contributed by atoms with Gasteiger partial charge in [0.05, 0.1) is 31.6 Å². The molecule has 110 heavy (non-hydrogen) atoms. The summed E-state index contributed by atoms with van der Waals surface area (Å²) in [5.41, 5.74) is 21.1. The van der Waals surface area contributed by atoms with Crippen LogP contribution in [0.2, 0.25) is 0 Å². The maximum Gasteiger partial charge on any atom is 0.407 e. The number of carboxylic acid groups (broad SMARTS) is 2. The van der Waals surface area contributed by atoms with Gasteiger partial charge in [0.25, 0.3) is 0 Å². The molecular weight excluding hydrogens is 1440 g/mol. The predicted molar refractivity (Wildman–Crippen MR) is 392 cm³/mol. The molecule has 1 aliphatic heterocycles. The van der Waals surface area contributed by atoms with Crippen LogP contribution in [0.5, 0.6) is 5.75 Å². The molecular formula is C70H97N21O19. The number of carbonyl (C=O) groups is 14. The van der Waals surface area contributed by atoms with E-state index >= 15 is 0 Å². The summed E-state index contributed by atoms with van der Waals surface area (Å²) in [7, 11) is 0. The molecule has 40 heteroatoms. The van der Waals surface area contributed by atoms with Crippen molar-refractivity contribution in [1.29, 1.82) is 10.8 Å². The molecule has 0 bridgehead atoms. The number of carboxylic acids is 2. The van der Waals surface area contributed by atoms with Gasteiger partial charge in [0.1, 0.15) is 79.3 Å². The van der Waals surface area contributed by atoms with Gasteiger partial charge in [-0.2, -0.15) is 0 Å². The Kier molecular flexibility index (Phi) is 34.1. The highest BCUT2D eigenvalue weighted by atomic mass is 16.5. The third kappa shape index (κ3) is 27.4. The number of nitrogens with one attached hydrogen (secondary N) is 16. The van der Waals surface area contributed by atoms with E-state index < -0.39 is 170 Å². The van der Waals surface area contributed by atoms with E-state index in [0.717, 1.165) is 22.3 Å². The number of hydrogen-bond acceptors (Lipinski definition) is 21. The third-order valence-electron chi connectivity index (χ3n) is 17.8. The number of unbranched alkanes of at least 4 members (excludes halogenated alkanes) is 1. The summed E-state index contributed by atoms with van der Waals surface area (Å²) in [5, 5.41) is 86.1. The number of phenolic OH excluding ortho intramolecular Hbond substituents is 1. The van der Waals surface area contributed by atoms with Crippen LogP contribution in [-0.2, 0) is 79.9 Å². The fourth-order valence-electron chi connectivity index (χ4n) is 12.1. The number of aromatic amines is 1. The lowest BCUT2D eigenvalue weighted by molar-refractivity contribution is -0.142. The lowest BCUT2D eigenvalue weighted by Gasteiger charge is -2.30. The van der Waals surface area contributed by atoms with E-state index in [0.29, 0.717) is 24.1 Å². The topological polar surface area (TPSA) is 643 Å². The zero-order valence-corrected chi connectivity index (χ0v) is 60.6. The molecule has 12 amide bonds. The zero-order chi connectivity index (χ0) is 80.6. The number of H-pyrrole nitrogens is 1. The van der Waals surface area contributed by atoms with Gasteiger partial charge >= 0.3 is 18.0 Å². The van der Waals surface area contributed by atoms with Crippen molar-refractivity contribution >= 4 is 94.9 Å². The van der Waals surface area contributed by atoms with Gasteiger partial charge < -0.3 is 121 Å². The number of aliphatic carboxylic acids is 2. The van der Waals surface area contributed by atoms with Gasteiger partial charge in [-0.3, -0.25) is 73.1 Å². The number of aliphatic hydroxyl groups excluding tert-OH is 1. The Morgan fingerprint density at radius 3 is 1.67 bits per heavy atom. The second-order valence-corrected chi connectivity index (χ2v) is 26.1. The van der Waals surface area contributed by atoms with E-state index in [1.807, 2.05) is 48.5 Å². The molecule has 3 aromatic carbocycles. The largest absolute Gasteiger partial charge is 0.508 e. The number of aromatic nitrogens is 2. The van der Waals surface area contributed by atoms with Crippen LogP contribution in [-0.4, -0.2) is 243 Å². The Hall–Kier alpha value is -12.5. The van der Waals surface area contributed by atoms with Crippen molar-refractivity contribution in [2.45, 2.75) is 157 Å². The van der Waals surface area contributed by atoms with E-state index in [2.05, 4.69) is 79.1 Å². The SMILES string of the molecule is C[C@H](NC(=O)CNC(=O)[C@H](CO)NC(=O)[C@H](CC(=O)O)NC(=O)[C@H](CCCCN)NC(=O)[C@H](Cc1ccc(O)cc1)NC(=O)[C@H](CCCNC(=N)N)NC(=O)OCC1c2ccccc2-c2ccccc21)C(=O)N[C@@H](C)C(=O)N[C@@H](Cc1c[nH]cn1)C(=O)N1CCC[C@H]1C(=O)N[C@@H](CCCNC(=N)N)C(=O)NCC(=O)O. The lowest BCUT2D eigenvalue weighted by atomic mass is 9.98. The molecule has 596 valence electrons. The highest BCUT2D eigenvalue weighted by Crippen LogP contribution is 2.44. The van der Waals surface area contributed by atoms with Crippen molar-refractivity contribution in [1.82, 2.24) is 84.0 Å². The van der Waals surface area contributed by atoms with E-state index in [1.54, 1.807) is 0 Å². The number of fused-ring (bicyclic) bond motifs is 3. The number of amides is 12. The molecule has 2 aliphatic rings. The summed E-state index contributed by atoms with van der Waals surface area (Å²) in [4.78, 5) is 197. The molecule has 1 aromatic heterocycles. The van der Waals surface area contributed by atoms with Crippen LogP contribution in [0.3, 0.4) is 0 Å². The molecule has 40 nitrogen and oxygen atoms in total. The first kappa shape index (κ1) is 86.4. The van der Waals surface area contributed by atoms with Gasteiger partial charge in [-0.25, -0.2) is 9.78 Å². The van der Waals surface area contributed by atoms with Gasteiger partial charge in [0.2, 0.25) is 65.0 Å². The van der Waals surface area contributed by atoms with Crippen LogP contribution >= 0.6 is 0 Å². The smallest absolute Gasteiger partial charge is 0.407 e. The Balaban J connectivity index is 1.06. The van der Waals surface area contributed by atoms with Crippen LogP contribution in [0.15, 0.2) is 85.3 Å². The number of nitrogens with two attached hydrogens (primary N) is 3. The fraction of sp³-hybridized carbons (Fsp3) is 0.471. The molecule has 26 N–H and O–H groups in total. The number of guanidine groups is 2. The van der Waals surface area contributed by atoms with Gasteiger partial charge in [0, 0.05) is 44.6 Å². The van der Waals surface area contributed by atoms with Crippen molar-refractivity contribution in [3.63, 3.8) is 0 Å². The average Bonchev–Trinajstić information content (AvgIpc) is 1.62. The molecule has 1 fully saturated rings. The number of aromatic hydroxyl groups is 1. The molecule has 1 aliphatic carbocycles. The highest BCUT2D eigenvalue weighted by Gasteiger charge is 2.41. The van der Waals surface area contributed by atoms with Crippen LogP contribution in [0.4, 0.5) is 4.79 Å². The second kappa shape index (κ2) is 43.3. The van der Waals surface area contributed by atoms with Gasteiger partial charge in [-0.15, -0.1) is 0 Å². The first-order valence-corrected chi connectivity index (χ1v) is 35.5. The predicted octanol–water partition coefficient (Wildman–Crippen LogP) is -4.84. The van der Waals surface area contributed by atoms with E-state index in [-0.39, 0.29) is 114 Å². The number of likely N-dealkylation sites (tertiary alicyclic amines) is 1. The van der Waals surface area contributed by atoms with E-state index in [1.165, 1.54) is 55.5 Å². The highest BCUT2D eigenvalue weighted by molar-refractivity contribution is 6.00. The minimum absolute atomic E-state index is 0.0166. The number of ether oxygens (including phenoxy) is 1. The summed E-state index contributed by atoms with van der Waals surface area (Å²) < 4.78 is 5.75. The number of rotatable bonds is 44. The molecule has 0 radical (unpaired) electrons. The van der Waals surface area contributed by atoms with Crippen molar-refractivity contribution < 1.29 is 92.3 Å². The van der Waals surface area contributed by atoms with Gasteiger partial charge in [-0.05, 0) is 118 Å². The first-order valence-electron chi connectivity index (χ1n) is 35.5. The summed E-state index contributed by atoms with van der Waals surface area (Å²) in [6, 6.07) is 5.82. The Morgan fingerprint density at radius 2 is 1.09 bits per heavy atom. The van der Waals surface area contributed by atoms with Crippen LogP contribution in [0, 0.1) is 10.8 Å². The van der Waals surface area contributed by atoms with E-state index in [9.17, 15) is 82.4 Å². The molecule has 2 heterocycles. The third-order valence-corrected chi connectivity index (χ3v) is 17.8. The standard InChI is InChI=1S/C70H97N21O19/c1-37(58(99)83-38(2)59(100)88-52(29-40-31-76-36-81-40)67(108)91-27-11-19-54(91)66(107)85-47(17-9-25-77-68(72)73)60(101)80-33-57(97)98)82-55(94)32-79-61(102)53(34-92)89-65(106)51(30-56(95)96)87-62(103)48(16-7-8-24-71)84-64(105)50(28-39-20-22-41(93)23-21-39)86-63(104)49(18-10-26-78-69(74)75)90-70(109)110-35-46-44-14-5-3-12-42(44)43-13-4-6-15-45(43)46/h3-6,12-15,20-23,31,36-38,46-54,92-93H,7-11,16-19,24-30,32-35,71H2,1-2H3,(H,76,81)(H,79,102)(H,80,101)(H,82,94)(H,83,99)(H,84,105)(H,85,107)(H,86,104)(H,87,103)(H,88,100)(H,89,106)(H,90,109)(H,95,96)(H,97,98)(H4,72,73,77)(H4,74,75,78)/t37-,38-,47-,48-,49-,50-,51-,52-,53-,54-/m0/s1. The normalized spacial score (nSPS) is 15.2. The summed E-state index contributed by atoms with van der Waals surface area (Å²) >= 11 is 0.